The molecule has 0 radical (unpaired) electrons. The number of nitrogens with zero attached hydrogens (tertiary/aromatic N) is 2. The first-order valence-electron chi connectivity index (χ1n) is 6.40. The van der Waals surface area contributed by atoms with Gasteiger partial charge in [-0.15, -0.1) is 0 Å². The van der Waals surface area contributed by atoms with Gasteiger partial charge in [-0.3, -0.25) is 4.68 Å². The highest BCUT2D eigenvalue weighted by Crippen LogP contribution is 2.23. The first-order chi connectivity index (χ1) is 8.41. The molecular formula is C12H21N3O2S. The van der Waals surface area contributed by atoms with Gasteiger partial charge in [-0.05, 0) is 32.3 Å². The smallest absolute Gasteiger partial charge is 0.150 e. The van der Waals surface area contributed by atoms with Crippen molar-refractivity contribution >= 4 is 9.84 Å². The monoisotopic (exact) mass is 271 g/mol. The normalized spacial score (nSPS) is 24.3. The molecule has 0 aromatic carbocycles. The molecule has 1 fully saturated rings. The minimum Gasteiger partial charge on any atom is -0.327 e. The highest BCUT2D eigenvalue weighted by Gasteiger charge is 2.32. The number of hydrogen-bond acceptors (Lipinski definition) is 4. The number of hydrogen-bond donors (Lipinski definition) is 1. The van der Waals surface area contributed by atoms with Gasteiger partial charge < -0.3 is 5.73 Å². The lowest BCUT2D eigenvalue weighted by molar-refractivity contribution is 0.447. The lowest BCUT2D eigenvalue weighted by Crippen LogP contribution is -2.33. The van der Waals surface area contributed by atoms with Crippen LogP contribution in [-0.2, 0) is 22.8 Å². The molecule has 0 amide bonds. The maximum Gasteiger partial charge on any atom is 0.150 e. The summed E-state index contributed by atoms with van der Waals surface area (Å²) in [5.41, 5.74) is 8.25. The molecule has 1 saturated heterocycles. The number of rotatable bonds is 4. The molecule has 0 bridgehead atoms. The molecule has 6 heteroatoms. The van der Waals surface area contributed by atoms with Crippen LogP contribution >= 0.6 is 0 Å². The van der Waals surface area contributed by atoms with Gasteiger partial charge in [0.25, 0.3) is 0 Å². The lowest BCUT2D eigenvalue weighted by atomic mass is 9.96. The van der Waals surface area contributed by atoms with Crippen LogP contribution in [0, 0.1) is 12.8 Å². The average Bonchev–Trinajstić information content (AvgIpc) is 2.81. The number of aromatic nitrogens is 2. The molecule has 2 rings (SSSR count). The number of sulfone groups is 1. The standard InChI is InChI=1S/C12H21N3O2S/c1-3-15-11(6-9(2)14-15)7-12(13)10-4-5-18(16,17)8-10/h6,10,12H,3-5,7-8,13H2,1-2H3. The molecule has 0 aliphatic carbocycles. The van der Waals surface area contributed by atoms with Crippen molar-refractivity contribution in [2.45, 2.75) is 39.3 Å². The van der Waals surface area contributed by atoms with E-state index in [0.29, 0.717) is 12.8 Å². The Hall–Kier alpha value is -0.880. The summed E-state index contributed by atoms with van der Waals surface area (Å²) >= 11 is 0. The first kappa shape index (κ1) is 13.5. The van der Waals surface area contributed by atoms with E-state index >= 15 is 0 Å². The zero-order chi connectivity index (χ0) is 13.3. The molecule has 18 heavy (non-hydrogen) atoms. The average molecular weight is 271 g/mol. The van der Waals surface area contributed by atoms with Crippen molar-refractivity contribution in [3.8, 4) is 0 Å². The third-order valence-electron chi connectivity index (χ3n) is 3.60. The Morgan fingerprint density at radius 3 is 2.89 bits per heavy atom. The highest BCUT2D eigenvalue weighted by molar-refractivity contribution is 7.91. The van der Waals surface area contributed by atoms with Crippen LogP contribution in [0.2, 0.25) is 0 Å². The lowest BCUT2D eigenvalue weighted by Gasteiger charge is -2.18. The molecular weight excluding hydrogens is 250 g/mol. The van der Waals surface area contributed by atoms with Crippen LogP contribution in [0.25, 0.3) is 0 Å². The molecule has 1 aliphatic rings. The molecule has 5 nitrogen and oxygen atoms in total. The maximum absolute atomic E-state index is 11.5. The summed E-state index contributed by atoms with van der Waals surface area (Å²) in [5, 5.41) is 4.38. The summed E-state index contributed by atoms with van der Waals surface area (Å²) in [4.78, 5) is 0. The van der Waals surface area contributed by atoms with Gasteiger partial charge in [0.05, 0.1) is 17.2 Å². The van der Waals surface area contributed by atoms with Crippen LogP contribution in [0.5, 0.6) is 0 Å². The summed E-state index contributed by atoms with van der Waals surface area (Å²) < 4.78 is 24.8. The van der Waals surface area contributed by atoms with Gasteiger partial charge >= 0.3 is 0 Å². The maximum atomic E-state index is 11.5. The van der Waals surface area contributed by atoms with E-state index in [-0.39, 0.29) is 23.5 Å². The van der Waals surface area contributed by atoms with Crippen molar-refractivity contribution in [1.29, 1.82) is 0 Å². The van der Waals surface area contributed by atoms with Gasteiger partial charge in [-0.1, -0.05) is 0 Å². The fraction of sp³-hybridized carbons (Fsp3) is 0.750. The molecule has 2 atom stereocenters. The Morgan fingerprint density at radius 1 is 1.61 bits per heavy atom. The molecule has 0 spiro atoms. The van der Waals surface area contributed by atoms with E-state index in [1.54, 1.807) is 0 Å². The zero-order valence-corrected chi connectivity index (χ0v) is 11.8. The molecule has 1 aromatic rings. The van der Waals surface area contributed by atoms with Crippen LogP contribution in [-0.4, -0.2) is 35.7 Å². The van der Waals surface area contributed by atoms with Crippen molar-refractivity contribution in [1.82, 2.24) is 9.78 Å². The van der Waals surface area contributed by atoms with Crippen LogP contribution in [0.1, 0.15) is 24.7 Å². The Labute approximate surface area is 108 Å². The Bertz CT molecular complexity index is 521. The molecule has 102 valence electrons. The highest BCUT2D eigenvalue weighted by atomic mass is 32.2. The second-order valence-corrected chi connectivity index (χ2v) is 7.35. The van der Waals surface area contributed by atoms with Crippen molar-refractivity contribution in [3.63, 3.8) is 0 Å². The van der Waals surface area contributed by atoms with Gasteiger partial charge in [0.15, 0.2) is 9.84 Å². The van der Waals surface area contributed by atoms with Crippen LogP contribution in [0.15, 0.2) is 6.07 Å². The van der Waals surface area contributed by atoms with E-state index in [1.165, 1.54) is 0 Å². The summed E-state index contributed by atoms with van der Waals surface area (Å²) in [7, 11) is -2.85. The molecule has 2 heterocycles. The first-order valence-corrected chi connectivity index (χ1v) is 8.22. The topological polar surface area (TPSA) is 78.0 Å². The van der Waals surface area contributed by atoms with Crippen molar-refractivity contribution in [3.05, 3.63) is 17.5 Å². The summed E-state index contributed by atoms with van der Waals surface area (Å²) in [6.07, 6.45) is 1.40. The van der Waals surface area contributed by atoms with Crippen molar-refractivity contribution in [2.24, 2.45) is 11.7 Å². The second kappa shape index (κ2) is 5.01. The number of aryl methyl sites for hydroxylation is 2. The van der Waals surface area contributed by atoms with Gasteiger partial charge in [-0.2, -0.15) is 5.10 Å². The molecule has 2 N–H and O–H groups in total. The van der Waals surface area contributed by atoms with Gasteiger partial charge in [0, 0.05) is 24.7 Å². The summed E-state index contributed by atoms with van der Waals surface area (Å²) in [5.74, 6) is 0.626. The Morgan fingerprint density at radius 2 is 2.33 bits per heavy atom. The van der Waals surface area contributed by atoms with E-state index in [4.69, 9.17) is 5.73 Å². The predicted molar refractivity (Wildman–Crippen MR) is 71.1 cm³/mol. The van der Waals surface area contributed by atoms with E-state index in [0.717, 1.165) is 17.9 Å². The molecule has 0 saturated carbocycles. The minimum absolute atomic E-state index is 0.0931. The van der Waals surface area contributed by atoms with E-state index in [9.17, 15) is 8.42 Å². The number of nitrogens with two attached hydrogens (primary N) is 1. The third kappa shape index (κ3) is 2.92. The zero-order valence-electron chi connectivity index (χ0n) is 11.0. The van der Waals surface area contributed by atoms with E-state index in [1.807, 2.05) is 24.6 Å². The predicted octanol–water partition coefficient (Wildman–Crippen LogP) is 0.516. The van der Waals surface area contributed by atoms with E-state index < -0.39 is 9.84 Å². The van der Waals surface area contributed by atoms with Crippen molar-refractivity contribution in [2.75, 3.05) is 11.5 Å². The Kier molecular flexibility index (Phi) is 3.77. The fourth-order valence-corrected chi connectivity index (χ4v) is 4.50. The second-order valence-electron chi connectivity index (χ2n) is 5.12. The summed E-state index contributed by atoms with van der Waals surface area (Å²) in [6.45, 7) is 4.82. The molecule has 1 aromatic heterocycles. The van der Waals surface area contributed by atoms with Crippen molar-refractivity contribution < 1.29 is 8.42 Å². The Balaban J connectivity index is 2.05. The van der Waals surface area contributed by atoms with Crippen LogP contribution < -0.4 is 5.73 Å². The SMILES string of the molecule is CCn1nc(C)cc1CC(N)C1CCS(=O)(=O)C1. The summed E-state index contributed by atoms with van der Waals surface area (Å²) in [6, 6.07) is 1.94. The van der Waals surface area contributed by atoms with Crippen LogP contribution in [0.4, 0.5) is 0 Å². The van der Waals surface area contributed by atoms with Crippen LogP contribution in [0.3, 0.4) is 0 Å². The van der Waals surface area contributed by atoms with Gasteiger partial charge in [-0.25, -0.2) is 8.42 Å². The van der Waals surface area contributed by atoms with Gasteiger partial charge in [0.2, 0.25) is 0 Å². The molecule has 2 unspecified atom stereocenters. The van der Waals surface area contributed by atoms with Gasteiger partial charge in [0.1, 0.15) is 0 Å². The third-order valence-corrected chi connectivity index (χ3v) is 5.40. The van der Waals surface area contributed by atoms with E-state index in [2.05, 4.69) is 5.10 Å². The fourth-order valence-electron chi connectivity index (χ4n) is 2.61. The molecule has 1 aliphatic heterocycles. The quantitative estimate of drug-likeness (QED) is 0.866. The minimum atomic E-state index is -2.85. The largest absolute Gasteiger partial charge is 0.327 e.